The highest BCUT2D eigenvalue weighted by Gasteiger charge is 2.25. The molecule has 202 valence electrons. The Balaban J connectivity index is 1.44. The van der Waals surface area contributed by atoms with Crippen LogP contribution in [-0.4, -0.2) is 36.0 Å². The van der Waals surface area contributed by atoms with E-state index in [-0.39, 0.29) is 21.6 Å². The summed E-state index contributed by atoms with van der Waals surface area (Å²) in [7, 11) is -3.57. The van der Waals surface area contributed by atoms with Gasteiger partial charge in [0.05, 0.1) is 9.92 Å². The zero-order valence-electron chi connectivity index (χ0n) is 21.1. The number of carbonyl (C=O) groups excluding carboxylic acids is 2. The first kappa shape index (κ1) is 26.9. The molecule has 3 N–H and O–H groups in total. The summed E-state index contributed by atoms with van der Waals surface area (Å²) in [4.78, 5) is 41.9. The second-order valence-corrected chi connectivity index (χ2v) is 11.5. The maximum atomic E-state index is 13.5. The molecule has 0 aliphatic carbocycles. The molecule has 0 spiro atoms. The van der Waals surface area contributed by atoms with Crippen LogP contribution in [-0.2, 0) is 14.6 Å². The SMILES string of the molecule is CS(=O)(=O)c1cccc(C(NC(=O)c2ccc3c(Cl)c[nH]c3c2)C(=O)Nc2ccc(-n3ccccc3=O)cc2)c1. The van der Waals surface area contributed by atoms with Crippen molar-refractivity contribution in [3.05, 3.63) is 124 Å². The van der Waals surface area contributed by atoms with Gasteiger partial charge in [0.25, 0.3) is 17.4 Å². The molecule has 1 atom stereocenters. The topological polar surface area (TPSA) is 130 Å². The van der Waals surface area contributed by atoms with Crippen molar-refractivity contribution in [2.75, 3.05) is 11.6 Å². The van der Waals surface area contributed by atoms with Gasteiger partial charge in [-0.3, -0.25) is 19.0 Å². The normalized spacial score (nSPS) is 12.2. The van der Waals surface area contributed by atoms with Gasteiger partial charge in [0.2, 0.25) is 0 Å². The van der Waals surface area contributed by atoms with Gasteiger partial charge in [-0.05, 0) is 60.2 Å². The van der Waals surface area contributed by atoms with E-state index in [2.05, 4.69) is 15.6 Å². The van der Waals surface area contributed by atoms with Crippen molar-refractivity contribution in [3.63, 3.8) is 0 Å². The number of fused-ring (bicyclic) bond motifs is 1. The van der Waals surface area contributed by atoms with E-state index in [0.29, 0.717) is 21.9 Å². The summed E-state index contributed by atoms with van der Waals surface area (Å²) in [6.07, 6.45) is 4.31. The average molecular weight is 575 g/mol. The van der Waals surface area contributed by atoms with Crippen molar-refractivity contribution >= 4 is 49.8 Å². The number of halogens is 1. The third kappa shape index (κ3) is 5.68. The number of aromatic nitrogens is 2. The molecule has 3 aromatic carbocycles. The van der Waals surface area contributed by atoms with Crippen molar-refractivity contribution in [1.29, 1.82) is 0 Å². The minimum Gasteiger partial charge on any atom is -0.360 e. The van der Waals surface area contributed by atoms with Crippen LogP contribution in [0.4, 0.5) is 5.69 Å². The number of hydrogen-bond donors (Lipinski definition) is 3. The zero-order valence-corrected chi connectivity index (χ0v) is 22.7. The lowest BCUT2D eigenvalue weighted by molar-refractivity contribution is -0.118. The first-order chi connectivity index (χ1) is 19.1. The van der Waals surface area contributed by atoms with Crippen LogP contribution in [0.1, 0.15) is 22.0 Å². The summed E-state index contributed by atoms with van der Waals surface area (Å²) in [6, 6.07) is 20.9. The number of H-pyrrole nitrogens is 1. The standard InChI is InChI=1S/C29H23ClN4O5S/c1-40(38,39)22-6-4-5-18(15-22)27(33-28(36)19-8-13-23-24(30)17-31-25(23)16-19)29(37)32-20-9-11-21(12-10-20)34-14-3-2-7-26(34)35/h2-17,27,31H,1H3,(H,32,37)(H,33,36). The number of nitrogens with zero attached hydrogens (tertiary/aromatic N) is 1. The van der Waals surface area contributed by atoms with Crippen molar-refractivity contribution in [2.24, 2.45) is 0 Å². The molecule has 0 saturated heterocycles. The van der Waals surface area contributed by atoms with Crippen LogP contribution < -0.4 is 16.2 Å². The van der Waals surface area contributed by atoms with Gasteiger partial charge >= 0.3 is 0 Å². The molecule has 0 aliphatic rings. The highest BCUT2D eigenvalue weighted by Crippen LogP contribution is 2.25. The minimum absolute atomic E-state index is 0.0113. The zero-order chi connectivity index (χ0) is 28.4. The summed E-state index contributed by atoms with van der Waals surface area (Å²) >= 11 is 6.14. The van der Waals surface area contributed by atoms with Crippen LogP contribution in [0, 0.1) is 0 Å². The number of hydrogen-bond acceptors (Lipinski definition) is 5. The molecule has 1 unspecified atom stereocenters. The van der Waals surface area contributed by atoms with Crippen LogP contribution in [0.3, 0.4) is 0 Å². The monoisotopic (exact) mass is 574 g/mol. The molecule has 40 heavy (non-hydrogen) atoms. The number of amides is 2. The van der Waals surface area contributed by atoms with E-state index < -0.39 is 27.7 Å². The summed E-state index contributed by atoms with van der Waals surface area (Å²) in [5.41, 5.74) is 2.03. The highest BCUT2D eigenvalue weighted by molar-refractivity contribution is 7.90. The molecule has 2 heterocycles. The Morgan fingerprint density at radius 1 is 0.950 bits per heavy atom. The number of pyridine rings is 1. The molecule has 0 fully saturated rings. The van der Waals surface area contributed by atoms with Crippen LogP contribution in [0.2, 0.25) is 5.02 Å². The molecule has 5 aromatic rings. The van der Waals surface area contributed by atoms with Gasteiger partial charge < -0.3 is 15.6 Å². The number of benzene rings is 3. The second kappa shape index (κ2) is 10.8. The lowest BCUT2D eigenvalue weighted by atomic mass is 10.0. The van der Waals surface area contributed by atoms with Gasteiger partial charge in [0.15, 0.2) is 9.84 Å². The molecule has 0 aliphatic heterocycles. The Labute approximate surface area is 234 Å². The van der Waals surface area contributed by atoms with E-state index in [4.69, 9.17) is 11.6 Å². The second-order valence-electron chi connectivity index (χ2n) is 9.09. The third-order valence-corrected chi connectivity index (χ3v) is 7.71. The molecule has 2 amide bonds. The molecule has 0 radical (unpaired) electrons. The predicted octanol–water partition coefficient (Wildman–Crippen LogP) is 4.49. The minimum atomic E-state index is -3.57. The average Bonchev–Trinajstić information content (AvgIpc) is 3.31. The maximum absolute atomic E-state index is 13.5. The lowest BCUT2D eigenvalue weighted by Gasteiger charge is -2.20. The summed E-state index contributed by atoms with van der Waals surface area (Å²) in [5, 5.41) is 6.75. The van der Waals surface area contributed by atoms with Crippen molar-refractivity contribution in [2.45, 2.75) is 10.9 Å². The molecule has 2 aromatic heterocycles. The third-order valence-electron chi connectivity index (χ3n) is 6.29. The number of rotatable bonds is 7. The fraction of sp³-hybridized carbons (Fsp3) is 0.0690. The summed E-state index contributed by atoms with van der Waals surface area (Å²) in [5.74, 6) is -1.14. The van der Waals surface area contributed by atoms with E-state index in [1.54, 1.807) is 73.1 Å². The Morgan fingerprint density at radius 3 is 2.45 bits per heavy atom. The van der Waals surface area contributed by atoms with Crippen molar-refractivity contribution in [3.8, 4) is 5.69 Å². The van der Waals surface area contributed by atoms with E-state index >= 15 is 0 Å². The number of nitrogens with one attached hydrogen (secondary N) is 3. The van der Waals surface area contributed by atoms with Crippen LogP contribution in [0.15, 0.2) is 107 Å². The van der Waals surface area contributed by atoms with Crippen LogP contribution in [0.5, 0.6) is 0 Å². The first-order valence-electron chi connectivity index (χ1n) is 12.1. The van der Waals surface area contributed by atoms with E-state index in [1.807, 2.05) is 0 Å². The highest BCUT2D eigenvalue weighted by atomic mass is 35.5. The fourth-order valence-electron chi connectivity index (χ4n) is 4.23. The first-order valence-corrected chi connectivity index (χ1v) is 14.3. The van der Waals surface area contributed by atoms with Gasteiger partial charge in [0, 0.05) is 52.6 Å². The quantitative estimate of drug-likeness (QED) is 0.264. The van der Waals surface area contributed by atoms with Gasteiger partial charge in [-0.25, -0.2) is 8.42 Å². The van der Waals surface area contributed by atoms with E-state index in [0.717, 1.165) is 11.6 Å². The Kier molecular flexibility index (Phi) is 7.29. The Hall–Kier alpha value is -4.67. The molecule has 5 rings (SSSR count). The Bertz CT molecular complexity index is 1910. The molecular formula is C29H23ClN4O5S. The smallest absolute Gasteiger partial charge is 0.255 e. The summed E-state index contributed by atoms with van der Waals surface area (Å²) < 4.78 is 25.8. The number of sulfone groups is 1. The molecular weight excluding hydrogens is 552 g/mol. The van der Waals surface area contributed by atoms with Gasteiger partial charge in [-0.1, -0.05) is 35.9 Å². The van der Waals surface area contributed by atoms with Gasteiger partial charge in [-0.15, -0.1) is 0 Å². The molecule has 11 heteroatoms. The fourth-order valence-corrected chi connectivity index (χ4v) is 5.13. The number of anilines is 1. The molecule has 0 bridgehead atoms. The van der Waals surface area contributed by atoms with Crippen LogP contribution >= 0.6 is 11.6 Å². The van der Waals surface area contributed by atoms with E-state index in [1.165, 1.54) is 28.8 Å². The predicted molar refractivity (Wildman–Crippen MR) is 154 cm³/mol. The molecule has 9 nitrogen and oxygen atoms in total. The van der Waals surface area contributed by atoms with Gasteiger partial charge in [0.1, 0.15) is 6.04 Å². The largest absolute Gasteiger partial charge is 0.360 e. The van der Waals surface area contributed by atoms with Crippen molar-refractivity contribution < 1.29 is 18.0 Å². The number of carbonyl (C=O) groups is 2. The van der Waals surface area contributed by atoms with E-state index in [9.17, 15) is 22.8 Å². The van der Waals surface area contributed by atoms with Gasteiger partial charge in [-0.2, -0.15) is 0 Å². The maximum Gasteiger partial charge on any atom is 0.255 e. The molecule has 0 saturated carbocycles. The lowest BCUT2D eigenvalue weighted by Crippen LogP contribution is -2.37. The summed E-state index contributed by atoms with van der Waals surface area (Å²) in [6.45, 7) is 0. The number of aromatic amines is 1. The van der Waals surface area contributed by atoms with Crippen molar-refractivity contribution in [1.82, 2.24) is 14.9 Å². The Morgan fingerprint density at radius 2 is 1.73 bits per heavy atom. The van der Waals surface area contributed by atoms with Crippen LogP contribution in [0.25, 0.3) is 16.6 Å².